The van der Waals surface area contributed by atoms with E-state index in [2.05, 4.69) is 114 Å². The molecule has 7 aromatic rings. The summed E-state index contributed by atoms with van der Waals surface area (Å²) in [5.74, 6) is 11.4. The average Bonchev–Trinajstić information content (AvgIpc) is 1.57. The summed E-state index contributed by atoms with van der Waals surface area (Å²) in [7, 11) is 0. The lowest BCUT2D eigenvalue weighted by molar-refractivity contribution is 0.586. The second-order valence-corrected chi connectivity index (χ2v) is 46.5. The Morgan fingerprint density at radius 1 is 0.156 bits per heavy atom. The molecule has 0 unspecified atom stereocenters. The fraction of sp³-hybridized carbons (Fsp3) is 0.714. The summed E-state index contributed by atoms with van der Waals surface area (Å²) >= 11 is 16.3. The molecule has 3 aromatic heterocycles. The van der Waals surface area contributed by atoms with Crippen molar-refractivity contribution in [3.05, 3.63) is 48.5 Å². The summed E-state index contributed by atoms with van der Waals surface area (Å²) in [5, 5.41) is 4.68. The number of benzene rings is 4. The van der Waals surface area contributed by atoms with Crippen molar-refractivity contribution in [2.24, 2.45) is 0 Å². The van der Waals surface area contributed by atoms with Crippen LogP contribution in [-0.2, 0) is 0 Å². The number of H-pyrrole nitrogens is 2. The highest BCUT2D eigenvalue weighted by Gasteiger charge is 2.32. The summed E-state index contributed by atoms with van der Waals surface area (Å²) in [6, 6.07) is 19.7. The molecule has 0 spiro atoms. The van der Waals surface area contributed by atoms with E-state index < -0.39 is 0 Å². The number of hydrogen-bond donors (Lipinski definition) is 2. The Bertz CT molecular complexity index is 3780. The molecule has 0 saturated heterocycles. The number of nitrogens with one attached hydrogen (secondary N) is 2. The van der Waals surface area contributed by atoms with Crippen molar-refractivity contribution in [2.45, 2.75) is 505 Å². The molecule has 9 rings (SSSR count). The second-order valence-electron chi connectivity index (χ2n) is 37.4. The number of aromatic amines is 2. The maximum absolute atomic E-state index is 6.23. The van der Waals surface area contributed by atoms with E-state index in [0.717, 1.165) is 114 Å². The second kappa shape index (κ2) is 68.9. The molecule has 0 amide bonds. The van der Waals surface area contributed by atoms with Crippen LogP contribution >= 0.6 is 94.1 Å². The molecule has 5 heterocycles. The van der Waals surface area contributed by atoms with Gasteiger partial charge in [0.1, 0.15) is 22.6 Å². The predicted octanol–water partition coefficient (Wildman–Crippen LogP) is 40.7. The van der Waals surface area contributed by atoms with E-state index in [9.17, 15) is 0 Å². The maximum atomic E-state index is 6.23. The minimum atomic E-state index is 0.758. The lowest BCUT2D eigenvalue weighted by Crippen LogP contribution is -1.92. The summed E-state index contributed by atoms with van der Waals surface area (Å²) in [4.78, 5) is 55.6. The fourth-order valence-corrected chi connectivity index (χ4v) is 27.0. The SMILES string of the molecule is CCCCCCCCCCSc1ccc(SCCCCCCCCCC)c2c1-c1nc-2nc2[nH]c(nc3nc(nc4[nH]c(n1)c1c(SCCCCCCCCCC)ccc(SCCCCCCCCCC)c41)-c1c(SCCCCCCCCCC)ccc(SCCCCCCCCCC)c1-3)c1c(SCCCCCCCCCC)ccc(SCCCCCCCCCC)c21. The Hall–Kier alpha value is -2.96. The van der Waals surface area contributed by atoms with Gasteiger partial charge in [0.15, 0.2) is 23.3 Å². The monoisotopic (exact) mass is 1890 g/mol. The predicted molar refractivity (Wildman–Crippen MR) is 583 cm³/mol. The first kappa shape index (κ1) is 109. The van der Waals surface area contributed by atoms with Crippen LogP contribution in [0.25, 0.3) is 89.7 Å². The molecule has 8 nitrogen and oxygen atoms in total. The van der Waals surface area contributed by atoms with E-state index in [1.165, 1.54) is 472 Å². The van der Waals surface area contributed by atoms with Gasteiger partial charge in [-0.15, -0.1) is 94.1 Å². The molecule has 0 aliphatic carbocycles. The highest BCUT2D eigenvalue weighted by Crippen LogP contribution is 2.51. The van der Waals surface area contributed by atoms with Crippen LogP contribution in [0, 0.1) is 0 Å². The number of unbranched alkanes of at least 4 members (excludes halogenated alkanes) is 56. The van der Waals surface area contributed by atoms with E-state index in [0.29, 0.717) is 0 Å². The molecule has 2 aliphatic heterocycles. The van der Waals surface area contributed by atoms with Crippen molar-refractivity contribution in [1.29, 1.82) is 0 Å². The minimum absolute atomic E-state index is 0.758. The zero-order chi connectivity index (χ0) is 89.7. The number of rotatable bonds is 80. The molecular formula is C112H178N8S8. The zero-order valence-electron chi connectivity index (χ0n) is 82.5. The van der Waals surface area contributed by atoms with Crippen molar-refractivity contribution in [2.75, 3.05) is 46.0 Å². The third kappa shape index (κ3) is 38.9. The van der Waals surface area contributed by atoms with E-state index in [4.69, 9.17) is 29.9 Å². The normalized spacial score (nSPS) is 12.1. The van der Waals surface area contributed by atoms with Crippen LogP contribution in [0.4, 0.5) is 0 Å². The van der Waals surface area contributed by atoms with Gasteiger partial charge < -0.3 is 9.97 Å². The highest BCUT2D eigenvalue weighted by molar-refractivity contribution is 8.01. The van der Waals surface area contributed by atoms with Gasteiger partial charge in [-0.25, -0.2) is 29.9 Å². The first-order chi connectivity index (χ1) is 63.4. The van der Waals surface area contributed by atoms with Crippen LogP contribution in [0.2, 0.25) is 0 Å². The van der Waals surface area contributed by atoms with E-state index >= 15 is 0 Å². The van der Waals surface area contributed by atoms with Gasteiger partial charge in [-0.3, -0.25) is 0 Å². The molecule has 0 radical (unpaired) electrons. The first-order valence-electron chi connectivity index (χ1n) is 53.9. The summed E-state index contributed by atoms with van der Waals surface area (Å²) in [6.45, 7) is 18.7. The van der Waals surface area contributed by atoms with Crippen molar-refractivity contribution in [1.82, 2.24) is 39.9 Å². The fourth-order valence-electron chi connectivity index (χ4n) is 18.4. The number of fused-ring (bicyclic) bond motifs is 20. The Kier molecular flexibility index (Phi) is 58.5. The largest absolute Gasteiger partial charge is 0.324 e. The summed E-state index contributed by atoms with van der Waals surface area (Å²) < 4.78 is 0. The number of nitrogens with zero attached hydrogens (tertiary/aromatic N) is 6. The highest BCUT2D eigenvalue weighted by atomic mass is 32.2. The van der Waals surface area contributed by atoms with Crippen LogP contribution < -0.4 is 0 Å². The Morgan fingerprint density at radius 2 is 0.281 bits per heavy atom. The van der Waals surface area contributed by atoms with Crippen molar-refractivity contribution < 1.29 is 0 Å². The maximum Gasteiger partial charge on any atom is 0.165 e. The third-order valence-corrected chi connectivity index (χ3v) is 35.3. The standard InChI is InChI=1S/C112H178N8S8/c1-9-17-25-33-41-49-57-65-81-121-89-73-74-90(122-82-66-58-50-42-34-26-18-10-2)98-97(89)105-113-106(98)118-108-101-93(125-85-69-61-53-45-37-29-21-13-5)77-78-94(126-86-70-62-54-46-38-30-22-14-6)102(101)110(115-108)120-112-104-96(128-88-72-64-56-48-40-32-24-16-8)80-79-95(127-87-71-63-55-47-39-31-23-15-7)103(104)111(116-112)119-109-100-92(124-84-68-60-52-44-36-28-20-12-4)76-75-91(99(100)107(114-109)117-105)123-83-67-59-51-43-35-27-19-11-3/h73-80H,9-72,81-88H2,1-8H3,(H2,113,114,115,116,117,118,119,120). The van der Waals surface area contributed by atoms with Gasteiger partial charge in [0.05, 0.1) is 0 Å². The van der Waals surface area contributed by atoms with E-state index in [-0.39, 0.29) is 0 Å². The molecule has 8 bridgehead atoms. The lowest BCUT2D eigenvalue weighted by Gasteiger charge is -2.13. The van der Waals surface area contributed by atoms with Crippen molar-refractivity contribution >= 4 is 138 Å². The van der Waals surface area contributed by atoms with E-state index in [1.807, 2.05) is 94.1 Å². The molecule has 0 atom stereocenters. The Balaban J connectivity index is 1.35. The molecule has 2 aliphatic rings. The zero-order valence-corrected chi connectivity index (χ0v) is 89.0. The van der Waals surface area contributed by atoms with Gasteiger partial charge >= 0.3 is 0 Å². The quantitative estimate of drug-likeness (QED) is 0.0279. The molecule has 0 saturated carbocycles. The molecule has 16 heteroatoms. The third-order valence-electron chi connectivity index (χ3n) is 26.2. The van der Waals surface area contributed by atoms with Crippen LogP contribution in [-0.4, -0.2) is 85.9 Å². The van der Waals surface area contributed by atoms with Gasteiger partial charge in [0.2, 0.25) is 0 Å². The minimum Gasteiger partial charge on any atom is -0.324 e. The van der Waals surface area contributed by atoms with Crippen LogP contribution in [0.1, 0.15) is 466 Å². The Labute approximate surface area is 816 Å². The Morgan fingerprint density at radius 3 is 0.430 bits per heavy atom. The van der Waals surface area contributed by atoms with Gasteiger partial charge in [0.25, 0.3) is 0 Å². The first-order valence-corrected chi connectivity index (χ1v) is 61.8. The number of thioether (sulfide) groups is 8. The molecule has 0 fully saturated rings. The number of hydrogen-bond acceptors (Lipinski definition) is 14. The van der Waals surface area contributed by atoms with Gasteiger partial charge in [-0.2, -0.15) is 0 Å². The molecular weight excluding hydrogens is 1710 g/mol. The molecule has 128 heavy (non-hydrogen) atoms. The van der Waals surface area contributed by atoms with Gasteiger partial charge in [-0.05, 0) is 146 Å². The smallest absolute Gasteiger partial charge is 0.165 e. The summed E-state index contributed by atoms with van der Waals surface area (Å²) in [5.41, 5.74) is 7.95. The van der Waals surface area contributed by atoms with Crippen LogP contribution in [0.15, 0.2) is 87.7 Å². The van der Waals surface area contributed by atoms with Gasteiger partial charge in [0, 0.05) is 83.0 Å². The molecule has 4 aromatic carbocycles. The topological polar surface area (TPSA) is 109 Å². The van der Waals surface area contributed by atoms with Gasteiger partial charge in [-0.1, -0.05) is 415 Å². The summed E-state index contributed by atoms with van der Waals surface area (Å²) in [6.07, 6.45) is 83.3. The molecule has 2 N–H and O–H groups in total. The lowest BCUT2D eigenvalue weighted by atomic mass is 10.1. The van der Waals surface area contributed by atoms with Crippen molar-refractivity contribution in [3.63, 3.8) is 0 Å². The average molecular weight is 1890 g/mol. The van der Waals surface area contributed by atoms with Crippen molar-refractivity contribution in [3.8, 4) is 45.6 Å². The van der Waals surface area contributed by atoms with Crippen LogP contribution in [0.5, 0.6) is 0 Å². The van der Waals surface area contributed by atoms with Crippen LogP contribution in [0.3, 0.4) is 0 Å². The van der Waals surface area contributed by atoms with E-state index in [1.54, 1.807) is 0 Å². The number of aromatic nitrogens is 8. The molecule has 714 valence electrons.